The molecule has 2 aromatic heterocycles. The number of hydrogen-bond donors (Lipinski definition) is 0. The zero-order chi connectivity index (χ0) is 19.1. The highest BCUT2D eigenvalue weighted by Crippen LogP contribution is 2.36. The summed E-state index contributed by atoms with van der Waals surface area (Å²) in [6.45, 7) is 0.747. The molecule has 3 heterocycles. The van der Waals surface area contributed by atoms with E-state index < -0.39 is 0 Å². The average molecular weight is 397 g/mol. The van der Waals surface area contributed by atoms with Gasteiger partial charge in [0.25, 0.3) is 5.89 Å². The van der Waals surface area contributed by atoms with Crippen LogP contribution in [0.2, 0.25) is 0 Å². The normalized spacial score (nSPS) is 19.2. The number of hydrogen-bond acceptors (Lipinski definition) is 5. The van der Waals surface area contributed by atoms with Gasteiger partial charge in [0, 0.05) is 35.9 Å². The van der Waals surface area contributed by atoms with Crippen molar-refractivity contribution in [2.75, 3.05) is 6.54 Å². The lowest BCUT2D eigenvalue weighted by molar-refractivity contribution is -0.128. The van der Waals surface area contributed by atoms with Crippen molar-refractivity contribution in [2.45, 2.75) is 44.6 Å². The van der Waals surface area contributed by atoms with E-state index in [9.17, 15) is 9.18 Å². The second-order valence-electron chi connectivity index (χ2n) is 7.49. The van der Waals surface area contributed by atoms with Crippen LogP contribution in [0.4, 0.5) is 4.39 Å². The van der Waals surface area contributed by atoms with E-state index in [4.69, 9.17) is 4.52 Å². The summed E-state index contributed by atoms with van der Waals surface area (Å²) >= 11 is 1.73. The summed E-state index contributed by atoms with van der Waals surface area (Å²) in [5, 5.41) is 4.14. The van der Waals surface area contributed by atoms with E-state index in [0.29, 0.717) is 30.2 Å². The molecule has 1 saturated heterocycles. The summed E-state index contributed by atoms with van der Waals surface area (Å²) in [4.78, 5) is 21.1. The van der Waals surface area contributed by atoms with Crippen molar-refractivity contribution in [3.63, 3.8) is 0 Å². The van der Waals surface area contributed by atoms with Crippen LogP contribution in [0, 0.1) is 5.82 Å². The molecule has 0 radical (unpaired) electrons. The topological polar surface area (TPSA) is 59.2 Å². The Morgan fingerprint density at radius 1 is 1.25 bits per heavy atom. The molecule has 0 spiro atoms. The van der Waals surface area contributed by atoms with Gasteiger partial charge in [0.15, 0.2) is 5.82 Å². The van der Waals surface area contributed by atoms with Gasteiger partial charge in [-0.15, -0.1) is 11.3 Å². The van der Waals surface area contributed by atoms with Gasteiger partial charge in [-0.3, -0.25) is 4.79 Å². The number of nitrogens with zero attached hydrogens (tertiary/aromatic N) is 3. The molecule has 3 aromatic rings. The minimum atomic E-state index is -0.290. The summed E-state index contributed by atoms with van der Waals surface area (Å²) in [5.41, 5.74) is 1.92. The maximum absolute atomic E-state index is 13.9. The number of aromatic nitrogens is 2. The smallest absolute Gasteiger partial charge is 0.268 e. The molecule has 7 heteroatoms. The second kappa shape index (κ2) is 7.13. The van der Waals surface area contributed by atoms with Crippen LogP contribution in [-0.4, -0.2) is 27.5 Å². The van der Waals surface area contributed by atoms with Crippen LogP contribution in [0.25, 0.3) is 10.8 Å². The second-order valence-corrected chi connectivity index (χ2v) is 8.63. The molecule has 0 saturated carbocycles. The van der Waals surface area contributed by atoms with E-state index in [-0.39, 0.29) is 24.2 Å². The molecule has 1 aromatic carbocycles. The average Bonchev–Trinajstić information content (AvgIpc) is 3.41. The van der Waals surface area contributed by atoms with Crippen molar-refractivity contribution in [1.29, 1.82) is 0 Å². The van der Waals surface area contributed by atoms with E-state index in [2.05, 4.69) is 16.2 Å². The molecule has 28 heavy (non-hydrogen) atoms. The van der Waals surface area contributed by atoms with Crippen LogP contribution in [-0.2, 0) is 24.2 Å². The highest BCUT2D eigenvalue weighted by Gasteiger charge is 2.34. The number of carbonyl (C=O) groups excluding carboxylic acids is 1. The van der Waals surface area contributed by atoms with Gasteiger partial charge in [0.05, 0.1) is 4.88 Å². The van der Waals surface area contributed by atoms with E-state index in [0.717, 1.165) is 17.7 Å². The third-order valence-corrected chi connectivity index (χ3v) is 6.77. The molecule has 2 aliphatic rings. The first-order valence-electron chi connectivity index (χ1n) is 9.64. The van der Waals surface area contributed by atoms with Crippen molar-refractivity contribution in [3.8, 4) is 10.8 Å². The SMILES string of the molecule is O=C1CC(c2noc(-c3cc4c(s3)CCCC4)n2)CN1Cc1ccccc1F. The van der Waals surface area contributed by atoms with E-state index in [1.165, 1.54) is 29.3 Å². The minimum absolute atomic E-state index is 0.00816. The number of thiophene rings is 1. The number of benzene rings is 1. The first-order valence-corrected chi connectivity index (χ1v) is 10.5. The fraction of sp³-hybridized carbons (Fsp3) is 0.381. The number of amides is 1. The molecule has 5 rings (SSSR count). The highest BCUT2D eigenvalue weighted by atomic mass is 32.1. The molecular formula is C21H20FN3O2S. The van der Waals surface area contributed by atoms with Crippen LogP contribution in [0.3, 0.4) is 0 Å². The van der Waals surface area contributed by atoms with Crippen LogP contribution in [0.15, 0.2) is 34.9 Å². The number of carbonyl (C=O) groups is 1. The lowest BCUT2D eigenvalue weighted by atomic mass is 9.99. The fourth-order valence-electron chi connectivity index (χ4n) is 4.03. The van der Waals surface area contributed by atoms with Gasteiger partial charge >= 0.3 is 0 Å². The Morgan fingerprint density at radius 2 is 2.11 bits per heavy atom. The van der Waals surface area contributed by atoms with Crippen molar-refractivity contribution in [3.05, 3.63) is 58.0 Å². The Kier molecular flexibility index (Phi) is 4.47. The van der Waals surface area contributed by atoms with Gasteiger partial charge in [0.1, 0.15) is 5.82 Å². The van der Waals surface area contributed by atoms with Gasteiger partial charge in [-0.25, -0.2) is 4.39 Å². The zero-order valence-corrected chi connectivity index (χ0v) is 16.2. The van der Waals surface area contributed by atoms with Crippen LogP contribution >= 0.6 is 11.3 Å². The first-order chi connectivity index (χ1) is 13.7. The predicted octanol–water partition coefficient (Wildman–Crippen LogP) is 4.33. The minimum Gasteiger partial charge on any atom is -0.337 e. The van der Waals surface area contributed by atoms with E-state index >= 15 is 0 Å². The molecule has 1 aliphatic carbocycles. The number of halogens is 1. The third-order valence-electron chi connectivity index (χ3n) is 5.55. The van der Waals surface area contributed by atoms with E-state index in [1.807, 2.05) is 0 Å². The van der Waals surface area contributed by atoms with E-state index in [1.54, 1.807) is 34.4 Å². The Labute approximate surface area is 166 Å². The standard InChI is InChI=1S/C21H20FN3O2S/c22-16-7-3-1-6-14(16)11-25-12-15(10-19(25)26)20-23-21(27-24-20)18-9-13-5-2-4-8-17(13)28-18/h1,3,6-7,9,15H,2,4-5,8,10-12H2. The molecule has 0 bridgehead atoms. The molecule has 1 unspecified atom stereocenters. The summed E-state index contributed by atoms with van der Waals surface area (Å²) in [7, 11) is 0. The summed E-state index contributed by atoms with van der Waals surface area (Å²) in [5.74, 6) is 0.681. The predicted molar refractivity (Wildman–Crippen MR) is 103 cm³/mol. The summed E-state index contributed by atoms with van der Waals surface area (Å²) < 4.78 is 19.4. The molecular weight excluding hydrogens is 377 g/mol. The van der Waals surface area contributed by atoms with Crippen LogP contribution < -0.4 is 0 Å². The van der Waals surface area contributed by atoms with Gasteiger partial charge in [-0.2, -0.15) is 4.98 Å². The first kappa shape index (κ1) is 17.6. The zero-order valence-electron chi connectivity index (χ0n) is 15.4. The lowest BCUT2D eigenvalue weighted by Gasteiger charge is -2.16. The Balaban J connectivity index is 1.32. The quantitative estimate of drug-likeness (QED) is 0.657. The molecule has 1 aliphatic heterocycles. The monoisotopic (exact) mass is 397 g/mol. The van der Waals surface area contributed by atoms with Crippen molar-refractivity contribution in [1.82, 2.24) is 15.0 Å². The van der Waals surface area contributed by atoms with Gasteiger partial charge in [-0.1, -0.05) is 23.4 Å². The van der Waals surface area contributed by atoms with Crippen LogP contribution in [0.5, 0.6) is 0 Å². The molecule has 5 nitrogen and oxygen atoms in total. The summed E-state index contributed by atoms with van der Waals surface area (Å²) in [6, 6.07) is 8.72. The number of likely N-dealkylation sites (tertiary alicyclic amines) is 1. The molecule has 1 fully saturated rings. The van der Waals surface area contributed by atoms with Gasteiger partial charge in [0.2, 0.25) is 5.91 Å². The maximum Gasteiger partial charge on any atom is 0.268 e. The largest absolute Gasteiger partial charge is 0.337 e. The third kappa shape index (κ3) is 3.24. The molecule has 0 N–H and O–H groups in total. The lowest BCUT2D eigenvalue weighted by Crippen LogP contribution is -2.25. The Bertz CT molecular complexity index is 1000. The van der Waals surface area contributed by atoms with Gasteiger partial charge < -0.3 is 9.42 Å². The summed E-state index contributed by atoms with van der Waals surface area (Å²) in [6.07, 6.45) is 5.05. The molecule has 1 amide bonds. The van der Waals surface area contributed by atoms with Gasteiger partial charge in [-0.05, 0) is 43.4 Å². The van der Waals surface area contributed by atoms with Crippen molar-refractivity contribution >= 4 is 17.2 Å². The number of fused-ring (bicyclic) bond motifs is 1. The van der Waals surface area contributed by atoms with Crippen molar-refractivity contribution < 1.29 is 13.7 Å². The maximum atomic E-state index is 13.9. The number of rotatable bonds is 4. The van der Waals surface area contributed by atoms with Crippen molar-refractivity contribution in [2.24, 2.45) is 0 Å². The fourth-order valence-corrected chi connectivity index (χ4v) is 5.20. The molecule has 1 atom stereocenters. The highest BCUT2D eigenvalue weighted by molar-refractivity contribution is 7.15. The Morgan fingerprint density at radius 3 is 2.96 bits per heavy atom. The Hall–Kier alpha value is -2.54. The molecule has 144 valence electrons. The number of aryl methyl sites for hydroxylation is 2. The van der Waals surface area contributed by atoms with Crippen LogP contribution in [0.1, 0.15) is 47.0 Å².